The van der Waals surface area contributed by atoms with Crippen molar-refractivity contribution >= 4 is 5.91 Å². The second-order valence-corrected chi connectivity index (χ2v) is 7.27. The summed E-state index contributed by atoms with van der Waals surface area (Å²) in [5, 5.41) is 0. The Balaban J connectivity index is 1.42. The molecular formula is C23H26N4O3. The van der Waals surface area contributed by atoms with Gasteiger partial charge in [0, 0.05) is 49.5 Å². The highest BCUT2D eigenvalue weighted by Gasteiger charge is 2.25. The number of likely N-dealkylation sites (tertiary alicyclic amines) is 1. The highest BCUT2D eigenvalue weighted by atomic mass is 16.5. The molecule has 0 radical (unpaired) electrons. The van der Waals surface area contributed by atoms with Gasteiger partial charge >= 0.3 is 0 Å². The maximum absolute atomic E-state index is 13.0. The van der Waals surface area contributed by atoms with Gasteiger partial charge in [-0.05, 0) is 55.7 Å². The lowest BCUT2D eigenvalue weighted by molar-refractivity contribution is 0.0694. The van der Waals surface area contributed by atoms with Crippen molar-refractivity contribution in [3.8, 4) is 11.5 Å². The number of imidazole rings is 1. The van der Waals surface area contributed by atoms with Crippen LogP contribution in [0.1, 0.15) is 41.7 Å². The van der Waals surface area contributed by atoms with Crippen molar-refractivity contribution < 1.29 is 14.3 Å². The smallest absolute Gasteiger partial charge is 0.253 e. The number of nitrogens with zero attached hydrogens (tertiary/aromatic N) is 4. The summed E-state index contributed by atoms with van der Waals surface area (Å²) in [7, 11) is 0. The summed E-state index contributed by atoms with van der Waals surface area (Å²) in [6, 6.07) is 9.64. The van der Waals surface area contributed by atoms with E-state index in [4.69, 9.17) is 9.47 Å². The van der Waals surface area contributed by atoms with E-state index in [1.807, 2.05) is 48.6 Å². The molecule has 7 heteroatoms. The van der Waals surface area contributed by atoms with Gasteiger partial charge in [-0.3, -0.25) is 9.78 Å². The van der Waals surface area contributed by atoms with Gasteiger partial charge in [0.15, 0.2) is 11.5 Å². The van der Waals surface area contributed by atoms with Crippen LogP contribution in [0.5, 0.6) is 11.5 Å². The molecule has 4 rings (SSSR count). The molecular weight excluding hydrogens is 380 g/mol. The zero-order valence-electron chi connectivity index (χ0n) is 17.1. The van der Waals surface area contributed by atoms with E-state index in [1.165, 1.54) is 0 Å². The Bertz CT molecular complexity index is 952. The van der Waals surface area contributed by atoms with Crippen molar-refractivity contribution in [1.29, 1.82) is 0 Å². The third kappa shape index (κ3) is 4.62. The molecule has 3 heterocycles. The average molecular weight is 406 g/mol. The van der Waals surface area contributed by atoms with Crippen LogP contribution in [0.2, 0.25) is 0 Å². The van der Waals surface area contributed by atoms with Gasteiger partial charge in [0.1, 0.15) is 6.61 Å². The minimum Gasteiger partial charge on any atom is -0.490 e. The molecule has 0 spiro atoms. The van der Waals surface area contributed by atoms with E-state index in [2.05, 4.69) is 14.5 Å². The van der Waals surface area contributed by atoms with Gasteiger partial charge in [0.05, 0.1) is 12.9 Å². The van der Waals surface area contributed by atoms with Crippen molar-refractivity contribution in [2.24, 2.45) is 0 Å². The Kier molecular flexibility index (Phi) is 6.27. The molecule has 0 saturated carbocycles. The molecule has 0 unspecified atom stereocenters. The number of pyridine rings is 1. The zero-order chi connectivity index (χ0) is 20.8. The van der Waals surface area contributed by atoms with Crippen LogP contribution >= 0.6 is 0 Å². The molecule has 0 atom stereocenters. The molecule has 3 aromatic rings. The SMILES string of the molecule is CCOc1cc(C(=O)N2CCC(n3ccnc3)CC2)ccc1OCc1ccncc1. The fraction of sp³-hybridized carbons (Fsp3) is 0.348. The molecule has 2 aromatic heterocycles. The van der Waals surface area contributed by atoms with Crippen molar-refractivity contribution in [3.05, 3.63) is 72.6 Å². The van der Waals surface area contributed by atoms with Gasteiger partial charge in [0.2, 0.25) is 0 Å². The number of carbonyl (C=O) groups is 1. The minimum atomic E-state index is 0.0284. The summed E-state index contributed by atoms with van der Waals surface area (Å²) in [6.45, 7) is 4.29. The fourth-order valence-corrected chi connectivity index (χ4v) is 3.70. The first-order valence-corrected chi connectivity index (χ1v) is 10.3. The van der Waals surface area contributed by atoms with Crippen LogP contribution in [0.25, 0.3) is 0 Å². The second-order valence-electron chi connectivity index (χ2n) is 7.27. The van der Waals surface area contributed by atoms with Crippen LogP contribution in [0.15, 0.2) is 61.4 Å². The summed E-state index contributed by atoms with van der Waals surface area (Å²) < 4.78 is 13.8. The predicted molar refractivity (Wildman–Crippen MR) is 113 cm³/mol. The number of benzene rings is 1. The van der Waals surface area contributed by atoms with Crippen LogP contribution in [0.3, 0.4) is 0 Å². The van der Waals surface area contributed by atoms with Crippen molar-refractivity contribution in [1.82, 2.24) is 19.4 Å². The van der Waals surface area contributed by atoms with E-state index >= 15 is 0 Å². The number of piperidine rings is 1. The summed E-state index contributed by atoms with van der Waals surface area (Å²) in [5.41, 5.74) is 1.64. The average Bonchev–Trinajstić information content (AvgIpc) is 3.34. The minimum absolute atomic E-state index is 0.0284. The van der Waals surface area contributed by atoms with E-state index in [9.17, 15) is 4.79 Å². The molecule has 1 aromatic carbocycles. The van der Waals surface area contributed by atoms with Gasteiger partial charge in [-0.15, -0.1) is 0 Å². The lowest BCUT2D eigenvalue weighted by Gasteiger charge is -2.32. The number of hydrogen-bond acceptors (Lipinski definition) is 5. The first kappa shape index (κ1) is 19.9. The molecule has 156 valence electrons. The lowest BCUT2D eigenvalue weighted by atomic mass is 10.0. The molecule has 0 N–H and O–H groups in total. The van der Waals surface area contributed by atoms with Crippen LogP contribution in [0, 0.1) is 0 Å². The van der Waals surface area contributed by atoms with Crippen molar-refractivity contribution in [3.63, 3.8) is 0 Å². The lowest BCUT2D eigenvalue weighted by Crippen LogP contribution is -2.38. The van der Waals surface area contributed by atoms with Gasteiger partial charge in [-0.1, -0.05) is 0 Å². The van der Waals surface area contributed by atoms with Gasteiger partial charge in [-0.25, -0.2) is 4.98 Å². The van der Waals surface area contributed by atoms with E-state index < -0.39 is 0 Å². The largest absolute Gasteiger partial charge is 0.490 e. The maximum Gasteiger partial charge on any atom is 0.253 e. The van der Waals surface area contributed by atoms with Crippen molar-refractivity contribution in [2.75, 3.05) is 19.7 Å². The molecule has 7 nitrogen and oxygen atoms in total. The van der Waals surface area contributed by atoms with E-state index in [-0.39, 0.29) is 5.91 Å². The maximum atomic E-state index is 13.0. The standard InChI is InChI=1S/C23H26N4O3/c1-2-29-22-15-19(3-4-21(22)30-16-18-5-9-24-10-6-18)23(28)26-12-7-20(8-13-26)27-14-11-25-17-27/h3-6,9-11,14-15,17,20H,2,7-8,12-13,16H2,1H3. The first-order chi connectivity index (χ1) is 14.7. The number of aromatic nitrogens is 3. The van der Waals surface area contributed by atoms with Gasteiger partial charge < -0.3 is 18.9 Å². The van der Waals surface area contributed by atoms with E-state index in [1.54, 1.807) is 24.7 Å². The molecule has 1 amide bonds. The number of ether oxygens (including phenoxy) is 2. The molecule has 1 saturated heterocycles. The van der Waals surface area contributed by atoms with Crippen LogP contribution in [-0.2, 0) is 6.61 Å². The molecule has 30 heavy (non-hydrogen) atoms. The monoisotopic (exact) mass is 406 g/mol. The Morgan fingerprint density at radius 2 is 1.83 bits per heavy atom. The second kappa shape index (κ2) is 9.43. The number of carbonyl (C=O) groups excluding carboxylic acids is 1. The number of amides is 1. The van der Waals surface area contributed by atoms with Crippen LogP contribution in [0.4, 0.5) is 0 Å². The Morgan fingerprint density at radius 3 is 2.53 bits per heavy atom. The zero-order valence-corrected chi connectivity index (χ0v) is 17.1. The summed E-state index contributed by atoms with van der Waals surface area (Å²) in [5.74, 6) is 1.25. The summed E-state index contributed by atoms with van der Waals surface area (Å²) >= 11 is 0. The molecule has 1 fully saturated rings. The Morgan fingerprint density at radius 1 is 1.03 bits per heavy atom. The number of hydrogen-bond donors (Lipinski definition) is 0. The van der Waals surface area contributed by atoms with Gasteiger partial charge in [0.25, 0.3) is 5.91 Å². The Hall–Kier alpha value is -3.35. The predicted octanol–water partition coefficient (Wildman–Crippen LogP) is 3.73. The van der Waals surface area contributed by atoms with Crippen LogP contribution < -0.4 is 9.47 Å². The highest BCUT2D eigenvalue weighted by Crippen LogP contribution is 2.31. The van der Waals surface area contributed by atoms with Crippen LogP contribution in [-0.4, -0.2) is 45.0 Å². The van der Waals surface area contributed by atoms with E-state index in [0.29, 0.717) is 36.3 Å². The molecule has 1 aliphatic heterocycles. The third-order valence-electron chi connectivity index (χ3n) is 5.33. The molecule has 0 aliphatic carbocycles. The van der Waals surface area contributed by atoms with E-state index in [0.717, 1.165) is 31.5 Å². The Labute approximate surface area is 176 Å². The quantitative estimate of drug-likeness (QED) is 0.598. The highest BCUT2D eigenvalue weighted by molar-refractivity contribution is 5.95. The topological polar surface area (TPSA) is 69.5 Å². The summed E-state index contributed by atoms with van der Waals surface area (Å²) in [6.07, 6.45) is 11.0. The van der Waals surface area contributed by atoms with Crippen molar-refractivity contribution in [2.45, 2.75) is 32.4 Å². The fourth-order valence-electron chi connectivity index (χ4n) is 3.70. The molecule has 1 aliphatic rings. The first-order valence-electron chi connectivity index (χ1n) is 10.3. The summed E-state index contributed by atoms with van der Waals surface area (Å²) in [4.78, 5) is 23.1. The molecule has 0 bridgehead atoms. The number of rotatable bonds is 7. The normalized spacial score (nSPS) is 14.5. The van der Waals surface area contributed by atoms with Gasteiger partial charge in [-0.2, -0.15) is 0 Å². The third-order valence-corrected chi connectivity index (χ3v) is 5.33.